The second kappa shape index (κ2) is 11.2. The highest BCUT2D eigenvalue weighted by Gasteiger charge is 2.23. The van der Waals surface area contributed by atoms with Crippen LogP contribution in [-0.2, 0) is 6.61 Å². The van der Waals surface area contributed by atoms with Crippen molar-refractivity contribution in [2.24, 2.45) is 0 Å². The normalized spacial score (nSPS) is 11.2. The monoisotopic (exact) mass is 588 g/mol. The van der Waals surface area contributed by atoms with E-state index in [0.29, 0.717) is 34.6 Å². The average molecular weight is 589 g/mol. The molecular formula is C34H25ClN4O4. The zero-order valence-corrected chi connectivity index (χ0v) is 24.1. The van der Waals surface area contributed by atoms with E-state index in [9.17, 15) is 0 Å². The van der Waals surface area contributed by atoms with E-state index < -0.39 is 0 Å². The lowest BCUT2D eigenvalue weighted by Crippen LogP contribution is -1.95. The number of aromatic nitrogens is 4. The molecule has 0 fully saturated rings. The van der Waals surface area contributed by atoms with Crippen LogP contribution in [0.25, 0.3) is 50.6 Å². The van der Waals surface area contributed by atoms with Gasteiger partial charge in [-0.3, -0.25) is 0 Å². The van der Waals surface area contributed by atoms with E-state index in [1.807, 2.05) is 84.9 Å². The highest BCUT2D eigenvalue weighted by Crippen LogP contribution is 2.42. The third kappa shape index (κ3) is 5.13. The van der Waals surface area contributed by atoms with Gasteiger partial charge in [-0.25, -0.2) is 14.5 Å². The third-order valence-electron chi connectivity index (χ3n) is 7.19. The van der Waals surface area contributed by atoms with Gasteiger partial charge in [0.05, 0.1) is 19.6 Å². The number of halogens is 1. The lowest BCUT2D eigenvalue weighted by atomic mass is 9.99. The summed E-state index contributed by atoms with van der Waals surface area (Å²) in [6.45, 7) is 0.430. The van der Waals surface area contributed by atoms with Crippen molar-refractivity contribution in [1.82, 2.24) is 19.6 Å². The van der Waals surface area contributed by atoms with Crippen molar-refractivity contribution in [3.05, 3.63) is 114 Å². The van der Waals surface area contributed by atoms with Gasteiger partial charge in [-0.15, -0.1) is 5.10 Å². The summed E-state index contributed by atoms with van der Waals surface area (Å²) in [5.74, 6) is 3.53. The maximum Gasteiger partial charge on any atom is 0.232 e. The Balaban J connectivity index is 1.29. The first-order valence-electron chi connectivity index (χ1n) is 13.5. The van der Waals surface area contributed by atoms with Crippen LogP contribution in [0.1, 0.15) is 5.56 Å². The van der Waals surface area contributed by atoms with Crippen LogP contribution in [0.2, 0.25) is 5.02 Å². The van der Waals surface area contributed by atoms with Crippen molar-refractivity contribution in [3.63, 3.8) is 0 Å². The molecule has 4 aromatic carbocycles. The second-order valence-electron chi connectivity index (χ2n) is 9.83. The quantitative estimate of drug-likeness (QED) is 0.177. The van der Waals surface area contributed by atoms with E-state index in [1.165, 1.54) is 0 Å². The lowest BCUT2D eigenvalue weighted by Gasteiger charge is -2.06. The molecule has 0 saturated carbocycles. The first kappa shape index (κ1) is 26.6. The number of hydrogen-bond donors (Lipinski definition) is 0. The van der Waals surface area contributed by atoms with Crippen LogP contribution >= 0.6 is 11.6 Å². The minimum Gasteiger partial charge on any atom is -0.497 e. The summed E-state index contributed by atoms with van der Waals surface area (Å²) in [6.07, 6.45) is 1.63. The predicted molar refractivity (Wildman–Crippen MR) is 166 cm³/mol. The minimum atomic E-state index is 0.430. The van der Waals surface area contributed by atoms with Gasteiger partial charge >= 0.3 is 0 Å². The Bertz CT molecular complexity index is 2030. The van der Waals surface area contributed by atoms with Gasteiger partial charge in [-0.05, 0) is 71.8 Å². The van der Waals surface area contributed by atoms with Crippen molar-refractivity contribution in [2.75, 3.05) is 14.2 Å². The van der Waals surface area contributed by atoms with Gasteiger partial charge in [0, 0.05) is 21.7 Å². The average Bonchev–Trinajstić information content (AvgIpc) is 3.67. The van der Waals surface area contributed by atoms with Gasteiger partial charge in [-0.1, -0.05) is 48.0 Å². The molecule has 8 nitrogen and oxygen atoms in total. The number of ether oxygens (including phenoxy) is 3. The smallest absolute Gasteiger partial charge is 0.232 e. The largest absolute Gasteiger partial charge is 0.497 e. The minimum absolute atomic E-state index is 0.430. The van der Waals surface area contributed by atoms with Crippen LogP contribution in [0.15, 0.2) is 108 Å². The number of hydrogen-bond acceptors (Lipinski definition) is 7. The van der Waals surface area contributed by atoms with Crippen LogP contribution in [-0.4, -0.2) is 33.8 Å². The molecule has 0 bridgehead atoms. The second-order valence-corrected chi connectivity index (χ2v) is 10.3. The summed E-state index contributed by atoms with van der Waals surface area (Å²) in [4.78, 5) is 9.57. The first-order chi connectivity index (χ1) is 21.1. The zero-order chi connectivity index (χ0) is 29.3. The van der Waals surface area contributed by atoms with E-state index in [0.717, 1.165) is 50.5 Å². The molecule has 0 spiro atoms. The van der Waals surface area contributed by atoms with Gasteiger partial charge < -0.3 is 18.6 Å². The summed E-state index contributed by atoms with van der Waals surface area (Å²) in [5.41, 5.74) is 5.70. The van der Waals surface area contributed by atoms with Crippen LogP contribution in [0.4, 0.5) is 0 Å². The van der Waals surface area contributed by atoms with Gasteiger partial charge in [0.2, 0.25) is 5.71 Å². The molecule has 7 rings (SSSR count). The number of methoxy groups -OCH3 is 2. The Hall–Kier alpha value is -5.34. The van der Waals surface area contributed by atoms with Crippen LogP contribution in [0.5, 0.6) is 17.2 Å². The highest BCUT2D eigenvalue weighted by atomic mass is 35.5. The van der Waals surface area contributed by atoms with Crippen LogP contribution in [0, 0.1) is 0 Å². The Labute approximate surface area is 252 Å². The van der Waals surface area contributed by atoms with E-state index in [4.69, 9.17) is 40.3 Å². The summed E-state index contributed by atoms with van der Waals surface area (Å²) in [7, 11) is 3.29. The standard InChI is InChI=1S/C34H25ClN4O4/c1-40-26-13-7-22(8-14-26)29-30-33-37-32(24-5-3-21(4-6-24)19-42-28-17-11-25(35)12-18-28)38-39(33)20-36-34(30)43-31(29)23-9-15-27(41-2)16-10-23/h3-18,20H,19H2,1-2H3. The fourth-order valence-electron chi connectivity index (χ4n) is 4.95. The fourth-order valence-corrected chi connectivity index (χ4v) is 5.07. The summed E-state index contributed by atoms with van der Waals surface area (Å²) < 4.78 is 24.7. The van der Waals surface area contributed by atoms with E-state index in [1.54, 1.807) is 37.2 Å². The molecule has 3 aromatic heterocycles. The topological polar surface area (TPSA) is 83.9 Å². The SMILES string of the molecule is COc1ccc(-c2oc3ncn4nc(-c5ccc(COc6ccc(Cl)cc6)cc5)nc4c3c2-c2ccc(OC)cc2)cc1. The molecule has 43 heavy (non-hydrogen) atoms. The number of rotatable bonds is 8. The number of fused-ring (bicyclic) bond motifs is 3. The van der Waals surface area contributed by atoms with Gasteiger partial charge in [-0.2, -0.15) is 0 Å². The Kier molecular flexibility index (Phi) is 6.89. The maximum atomic E-state index is 6.39. The third-order valence-corrected chi connectivity index (χ3v) is 7.44. The van der Waals surface area contributed by atoms with Crippen molar-refractivity contribution < 1.29 is 18.6 Å². The predicted octanol–water partition coefficient (Wildman–Crippen LogP) is 8.12. The molecule has 0 unspecified atom stereocenters. The van der Waals surface area contributed by atoms with E-state index in [-0.39, 0.29) is 0 Å². The maximum absolute atomic E-state index is 6.39. The van der Waals surface area contributed by atoms with Crippen molar-refractivity contribution >= 4 is 28.3 Å². The van der Waals surface area contributed by atoms with Crippen molar-refractivity contribution in [3.8, 4) is 51.1 Å². The summed E-state index contributed by atoms with van der Waals surface area (Å²) in [5, 5.41) is 6.19. The molecule has 212 valence electrons. The molecule has 0 radical (unpaired) electrons. The summed E-state index contributed by atoms with van der Waals surface area (Å²) >= 11 is 5.97. The van der Waals surface area contributed by atoms with Crippen LogP contribution in [0.3, 0.4) is 0 Å². The fraction of sp³-hybridized carbons (Fsp3) is 0.0882. The molecule has 0 amide bonds. The lowest BCUT2D eigenvalue weighted by molar-refractivity contribution is 0.306. The first-order valence-corrected chi connectivity index (χ1v) is 13.9. The van der Waals surface area contributed by atoms with Gasteiger partial charge in [0.1, 0.15) is 35.9 Å². The molecule has 0 aliphatic heterocycles. The van der Waals surface area contributed by atoms with Gasteiger partial charge in [0.15, 0.2) is 11.5 Å². The van der Waals surface area contributed by atoms with Crippen LogP contribution < -0.4 is 14.2 Å². The molecule has 0 atom stereocenters. The van der Waals surface area contributed by atoms with E-state index >= 15 is 0 Å². The zero-order valence-electron chi connectivity index (χ0n) is 23.3. The van der Waals surface area contributed by atoms with Crippen molar-refractivity contribution in [2.45, 2.75) is 6.61 Å². The Morgan fingerprint density at radius 3 is 1.98 bits per heavy atom. The molecule has 3 heterocycles. The molecular weight excluding hydrogens is 564 g/mol. The molecule has 0 N–H and O–H groups in total. The number of nitrogens with zero attached hydrogens (tertiary/aromatic N) is 4. The van der Waals surface area contributed by atoms with Crippen molar-refractivity contribution in [1.29, 1.82) is 0 Å². The van der Waals surface area contributed by atoms with E-state index in [2.05, 4.69) is 4.98 Å². The molecule has 9 heteroatoms. The molecule has 0 saturated heterocycles. The Morgan fingerprint density at radius 2 is 1.33 bits per heavy atom. The molecule has 0 aliphatic rings. The van der Waals surface area contributed by atoms with Gasteiger partial charge in [0.25, 0.3) is 0 Å². The number of furan rings is 1. The molecule has 7 aromatic rings. The number of benzene rings is 4. The molecule has 0 aliphatic carbocycles. The summed E-state index contributed by atoms with van der Waals surface area (Å²) in [6, 6.07) is 30.9. The Morgan fingerprint density at radius 1 is 0.721 bits per heavy atom. The highest BCUT2D eigenvalue weighted by molar-refractivity contribution is 6.30.